The van der Waals surface area contributed by atoms with Gasteiger partial charge in [0, 0.05) is 42.2 Å². The minimum absolute atomic E-state index is 0.135. The van der Waals surface area contributed by atoms with Crippen LogP contribution in [0.5, 0.6) is 0 Å². The van der Waals surface area contributed by atoms with Crippen LogP contribution in [0.15, 0.2) is 24.4 Å². The number of nitrogens with one attached hydrogen (secondary N) is 1. The van der Waals surface area contributed by atoms with Crippen molar-refractivity contribution in [1.82, 2.24) is 9.88 Å². The molecule has 2 amide bonds. The first kappa shape index (κ1) is 15.8. The highest BCUT2D eigenvalue weighted by molar-refractivity contribution is 6.31. The van der Waals surface area contributed by atoms with Gasteiger partial charge in [0.2, 0.25) is 11.8 Å². The number of hydrogen-bond acceptors (Lipinski definition) is 3. The van der Waals surface area contributed by atoms with Crippen molar-refractivity contribution in [3.05, 3.63) is 35.0 Å². The Balaban J connectivity index is 1.81. The van der Waals surface area contributed by atoms with Gasteiger partial charge in [0.15, 0.2) is 0 Å². The molecule has 3 rings (SSSR count). The molecule has 3 N–H and O–H groups in total. The van der Waals surface area contributed by atoms with Crippen LogP contribution < -0.4 is 5.73 Å². The summed E-state index contributed by atoms with van der Waals surface area (Å²) in [5.74, 6) is -0.632. The number of halogens is 1. The first-order valence-electron chi connectivity index (χ1n) is 7.36. The summed E-state index contributed by atoms with van der Waals surface area (Å²) in [4.78, 5) is 28.8. The van der Waals surface area contributed by atoms with Gasteiger partial charge >= 0.3 is 0 Å². The van der Waals surface area contributed by atoms with Crippen LogP contribution in [0.3, 0.4) is 0 Å². The molecule has 0 aliphatic carbocycles. The van der Waals surface area contributed by atoms with Crippen LogP contribution in [0.2, 0.25) is 5.02 Å². The number of methoxy groups -OCH3 is 1. The van der Waals surface area contributed by atoms with Gasteiger partial charge < -0.3 is 20.4 Å². The van der Waals surface area contributed by atoms with Gasteiger partial charge in [-0.25, -0.2) is 0 Å². The summed E-state index contributed by atoms with van der Waals surface area (Å²) in [5, 5.41) is 1.58. The number of benzene rings is 1. The van der Waals surface area contributed by atoms with Crippen molar-refractivity contribution in [3.8, 4) is 0 Å². The Morgan fingerprint density at radius 2 is 2.26 bits per heavy atom. The zero-order valence-corrected chi connectivity index (χ0v) is 13.5. The van der Waals surface area contributed by atoms with E-state index in [1.165, 1.54) is 4.90 Å². The molecule has 1 aliphatic heterocycles. The van der Waals surface area contributed by atoms with Crippen LogP contribution in [-0.2, 0) is 20.7 Å². The second kappa shape index (κ2) is 6.22. The number of nitrogens with two attached hydrogens (primary N) is 1. The normalized spacial score (nSPS) is 21.0. The number of hydrogen-bond donors (Lipinski definition) is 2. The topological polar surface area (TPSA) is 88.4 Å². The Labute approximate surface area is 138 Å². The maximum atomic E-state index is 12.6. The summed E-state index contributed by atoms with van der Waals surface area (Å²) in [6.45, 7) is 0.386. The van der Waals surface area contributed by atoms with Gasteiger partial charge in [-0.15, -0.1) is 0 Å². The predicted molar refractivity (Wildman–Crippen MR) is 87.1 cm³/mol. The molecule has 2 atom stereocenters. The predicted octanol–water partition coefficient (Wildman–Crippen LogP) is 1.47. The summed E-state index contributed by atoms with van der Waals surface area (Å²) in [6.07, 6.45) is 2.28. The smallest absolute Gasteiger partial charge is 0.240 e. The molecular formula is C16H18ClN3O3. The van der Waals surface area contributed by atoms with Crippen LogP contribution in [0, 0.1) is 0 Å². The van der Waals surface area contributed by atoms with Gasteiger partial charge in [-0.1, -0.05) is 17.7 Å². The minimum atomic E-state index is -0.605. The van der Waals surface area contributed by atoms with E-state index in [1.54, 1.807) is 19.4 Å². The van der Waals surface area contributed by atoms with Crippen molar-refractivity contribution in [2.24, 2.45) is 5.73 Å². The zero-order valence-electron chi connectivity index (χ0n) is 12.7. The quantitative estimate of drug-likeness (QED) is 0.886. The number of H-pyrrole nitrogens is 1. The molecule has 6 nitrogen and oxygen atoms in total. The van der Waals surface area contributed by atoms with Gasteiger partial charge in [0.05, 0.1) is 12.5 Å². The van der Waals surface area contributed by atoms with Crippen LogP contribution in [-0.4, -0.2) is 47.5 Å². The third-order valence-corrected chi connectivity index (χ3v) is 4.55. The lowest BCUT2D eigenvalue weighted by molar-refractivity contribution is -0.136. The van der Waals surface area contributed by atoms with Gasteiger partial charge in [0.1, 0.15) is 6.04 Å². The number of primary amides is 1. The summed E-state index contributed by atoms with van der Waals surface area (Å²) >= 11 is 5.96. The van der Waals surface area contributed by atoms with E-state index in [9.17, 15) is 9.59 Å². The van der Waals surface area contributed by atoms with Crippen molar-refractivity contribution in [2.75, 3.05) is 13.7 Å². The number of fused-ring (bicyclic) bond motifs is 1. The molecule has 23 heavy (non-hydrogen) atoms. The Bertz CT molecular complexity index is 758. The molecular weight excluding hydrogens is 318 g/mol. The Morgan fingerprint density at radius 3 is 2.96 bits per heavy atom. The number of ether oxygens (including phenoxy) is 1. The number of aromatic nitrogens is 1. The number of nitrogens with zero attached hydrogens (tertiary/aromatic N) is 1. The van der Waals surface area contributed by atoms with E-state index in [0.29, 0.717) is 18.0 Å². The van der Waals surface area contributed by atoms with E-state index in [4.69, 9.17) is 22.1 Å². The fourth-order valence-corrected chi connectivity index (χ4v) is 3.25. The molecule has 1 aromatic heterocycles. The molecule has 7 heteroatoms. The number of carbonyl (C=O) groups is 2. The fourth-order valence-electron chi connectivity index (χ4n) is 3.08. The molecule has 0 unspecified atom stereocenters. The van der Waals surface area contributed by atoms with E-state index in [2.05, 4.69) is 4.98 Å². The monoisotopic (exact) mass is 335 g/mol. The van der Waals surface area contributed by atoms with Crippen LogP contribution >= 0.6 is 11.6 Å². The second-order valence-corrected chi connectivity index (χ2v) is 6.17. The highest BCUT2D eigenvalue weighted by Crippen LogP contribution is 2.25. The van der Waals surface area contributed by atoms with E-state index in [1.807, 2.05) is 12.1 Å². The highest BCUT2D eigenvalue weighted by Gasteiger charge is 2.38. The minimum Gasteiger partial charge on any atom is -0.380 e. The molecule has 0 radical (unpaired) electrons. The molecule has 122 valence electrons. The SMILES string of the molecule is CO[C@H]1C[C@@H](C(N)=O)N(C(=O)Cc2c[nH]c3cc(Cl)ccc23)C1. The number of carbonyl (C=O) groups excluding carboxylic acids is 2. The highest BCUT2D eigenvalue weighted by atomic mass is 35.5. The van der Waals surface area contributed by atoms with E-state index < -0.39 is 11.9 Å². The molecule has 2 aromatic rings. The van der Waals surface area contributed by atoms with Gasteiger partial charge in [-0.05, 0) is 17.7 Å². The van der Waals surface area contributed by atoms with Crippen LogP contribution in [0.1, 0.15) is 12.0 Å². The standard InChI is InChI=1S/C16H18ClN3O3/c1-23-11-6-14(16(18)22)20(8-11)15(21)4-9-7-19-13-5-10(17)2-3-12(9)13/h2-3,5,7,11,14,19H,4,6,8H2,1H3,(H2,18,22)/t11-,14-/m0/s1. The third-order valence-electron chi connectivity index (χ3n) is 4.32. The molecule has 0 spiro atoms. The van der Waals surface area contributed by atoms with Crippen molar-refractivity contribution in [2.45, 2.75) is 25.0 Å². The molecule has 1 fully saturated rings. The Hall–Kier alpha value is -2.05. The summed E-state index contributed by atoms with van der Waals surface area (Å²) in [5.41, 5.74) is 7.16. The molecule has 1 aliphatic rings. The van der Waals surface area contributed by atoms with Crippen molar-refractivity contribution in [3.63, 3.8) is 0 Å². The Kier molecular flexibility index (Phi) is 4.28. The van der Waals surface area contributed by atoms with Gasteiger partial charge in [0.25, 0.3) is 0 Å². The lowest BCUT2D eigenvalue weighted by Crippen LogP contribution is -2.44. The Morgan fingerprint density at radius 1 is 1.48 bits per heavy atom. The number of amides is 2. The first-order chi connectivity index (χ1) is 11.0. The summed E-state index contributed by atoms with van der Waals surface area (Å²) < 4.78 is 5.27. The first-order valence-corrected chi connectivity index (χ1v) is 7.74. The van der Waals surface area contributed by atoms with E-state index in [0.717, 1.165) is 16.5 Å². The van der Waals surface area contributed by atoms with E-state index in [-0.39, 0.29) is 18.4 Å². The molecule has 0 saturated carbocycles. The molecule has 1 saturated heterocycles. The lowest BCUT2D eigenvalue weighted by atomic mass is 10.1. The van der Waals surface area contributed by atoms with Crippen molar-refractivity contribution in [1.29, 1.82) is 0 Å². The largest absolute Gasteiger partial charge is 0.380 e. The fraction of sp³-hybridized carbons (Fsp3) is 0.375. The third kappa shape index (κ3) is 3.04. The maximum absolute atomic E-state index is 12.6. The number of likely N-dealkylation sites (tertiary alicyclic amines) is 1. The van der Waals surface area contributed by atoms with Gasteiger partial charge in [-0.2, -0.15) is 0 Å². The summed E-state index contributed by atoms with van der Waals surface area (Å²) in [6, 6.07) is 4.87. The summed E-state index contributed by atoms with van der Waals surface area (Å²) in [7, 11) is 1.57. The number of aromatic amines is 1. The average Bonchev–Trinajstić information content (AvgIpc) is 3.11. The maximum Gasteiger partial charge on any atom is 0.240 e. The second-order valence-electron chi connectivity index (χ2n) is 5.74. The zero-order chi connectivity index (χ0) is 16.6. The molecule has 1 aromatic carbocycles. The number of rotatable bonds is 4. The molecule has 0 bridgehead atoms. The average molecular weight is 336 g/mol. The van der Waals surface area contributed by atoms with Crippen molar-refractivity contribution >= 4 is 34.3 Å². The van der Waals surface area contributed by atoms with Gasteiger partial charge in [-0.3, -0.25) is 9.59 Å². The van der Waals surface area contributed by atoms with Crippen molar-refractivity contribution < 1.29 is 14.3 Å². The van der Waals surface area contributed by atoms with E-state index >= 15 is 0 Å². The lowest BCUT2D eigenvalue weighted by Gasteiger charge is -2.21. The van der Waals surface area contributed by atoms with Crippen LogP contribution in [0.25, 0.3) is 10.9 Å². The van der Waals surface area contributed by atoms with Crippen LogP contribution in [0.4, 0.5) is 0 Å². The molecule has 2 heterocycles.